The first kappa shape index (κ1) is 17.2. The van der Waals surface area contributed by atoms with Gasteiger partial charge in [0.15, 0.2) is 0 Å². The number of carbonyl (C=O) groups excluding carboxylic acids is 2. The monoisotopic (exact) mass is 315 g/mol. The first-order valence-corrected chi connectivity index (χ1v) is 8.14. The van der Waals surface area contributed by atoms with E-state index in [2.05, 4.69) is 33.7 Å². The molecule has 2 amide bonds. The highest BCUT2D eigenvalue weighted by molar-refractivity contribution is 5.88. The standard InChI is InChI=1S/C18H25N3O2/c1-3-19-18(23)14(2)20-17(22)13-21-11-9-16(10-12-21)15-7-5-4-6-8-15/h4-9,14H,3,10-13H2,1-2H3,(H,19,23)(H,20,22)/t14-/m0/s1. The van der Waals surface area contributed by atoms with E-state index in [4.69, 9.17) is 0 Å². The minimum atomic E-state index is -0.498. The predicted octanol–water partition coefficient (Wildman–Crippen LogP) is 1.42. The van der Waals surface area contributed by atoms with Crippen LogP contribution in [0.4, 0.5) is 0 Å². The second kappa shape index (κ2) is 8.48. The Morgan fingerprint density at radius 2 is 2.00 bits per heavy atom. The lowest BCUT2D eigenvalue weighted by molar-refractivity contribution is -0.129. The van der Waals surface area contributed by atoms with Gasteiger partial charge in [0, 0.05) is 19.6 Å². The van der Waals surface area contributed by atoms with E-state index in [1.807, 2.05) is 25.1 Å². The summed E-state index contributed by atoms with van der Waals surface area (Å²) < 4.78 is 0. The fraction of sp³-hybridized carbons (Fsp3) is 0.444. The van der Waals surface area contributed by atoms with Crippen molar-refractivity contribution in [1.29, 1.82) is 0 Å². The van der Waals surface area contributed by atoms with Crippen molar-refractivity contribution in [2.45, 2.75) is 26.3 Å². The summed E-state index contributed by atoms with van der Waals surface area (Å²) in [4.78, 5) is 25.7. The van der Waals surface area contributed by atoms with Gasteiger partial charge >= 0.3 is 0 Å². The number of amides is 2. The molecule has 1 heterocycles. The highest BCUT2D eigenvalue weighted by Gasteiger charge is 2.18. The Bertz CT molecular complexity index is 569. The second-order valence-electron chi connectivity index (χ2n) is 5.76. The van der Waals surface area contributed by atoms with E-state index < -0.39 is 6.04 Å². The highest BCUT2D eigenvalue weighted by atomic mass is 16.2. The number of hydrogen-bond donors (Lipinski definition) is 2. The van der Waals surface area contributed by atoms with Gasteiger partial charge < -0.3 is 10.6 Å². The molecule has 1 atom stereocenters. The zero-order chi connectivity index (χ0) is 16.7. The molecule has 0 saturated heterocycles. The Hall–Kier alpha value is -2.14. The van der Waals surface area contributed by atoms with Crippen LogP contribution < -0.4 is 10.6 Å². The Labute approximate surface area is 137 Å². The van der Waals surface area contributed by atoms with E-state index >= 15 is 0 Å². The summed E-state index contributed by atoms with van der Waals surface area (Å²) in [6.45, 7) is 6.06. The third kappa shape index (κ3) is 5.21. The zero-order valence-electron chi connectivity index (χ0n) is 13.8. The summed E-state index contributed by atoms with van der Waals surface area (Å²) in [5, 5.41) is 5.44. The minimum Gasteiger partial charge on any atom is -0.355 e. The number of nitrogens with zero attached hydrogens (tertiary/aromatic N) is 1. The fourth-order valence-electron chi connectivity index (χ4n) is 2.65. The highest BCUT2D eigenvalue weighted by Crippen LogP contribution is 2.21. The number of benzene rings is 1. The van der Waals surface area contributed by atoms with Crippen LogP contribution in [0.1, 0.15) is 25.8 Å². The quantitative estimate of drug-likeness (QED) is 0.834. The van der Waals surface area contributed by atoms with Crippen molar-refractivity contribution in [3.63, 3.8) is 0 Å². The van der Waals surface area contributed by atoms with Crippen LogP contribution >= 0.6 is 0 Å². The third-order valence-corrected chi connectivity index (χ3v) is 3.93. The van der Waals surface area contributed by atoms with E-state index in [1.54, 1.807) is 6.92 Å². The van der Waals surface area contributed by atoms with Crippen LogP contribution in [0.25, 0.3) is 5.57 Å². The first-order chi connectivity index (χ1) is 11.1. The molecule has 0 bridgehead atoms. The maximum absolute atomic E-state index is 12.0. The lowest BCUT2D eigenvalue weighted by atomic mass is 10.00. The van der Waals surface area contributed by atoms with E-state index in [-0.39, 0.29) is 11.8 Å². The molecule has 5 heteroatoms. The van der Waals surface area contributed by atoms with Crippen molar-refractivity contribution in [2.75, 3.05) is 26.2 Å². The van der Waals surface area contributed by atoms with Crippen molar-refractivity contribution in [2.24, 2.45) is 0 Å². The van der Waals surface area contributed by atoms with Gasteiger partial charge in [-0.2, -0.15) is 0 Å². The van der Waals surface area contributed by atoms with Crippen LogP contribution in [-0.2, 0) is 9.59 Å². The molecule has 1 aromatic rings. The molecule has 0 fully saturated rings. The zero-order valence-corrected chi connectivity index (χ0v) is 13.8. The Balaban J connectivity index is 1.80. The number of carbonyl (C=O) groups is 2. The topological polar surface area (TPSA) is 61.4 Å². The van der Waals surface area contributed by atoms with Gasteiger partial charge in [-0.05, 0) is 31.4 Å². The van der Waals surface area contributed by atoms with Crippen LogP contribution in [0.5, 0.6) is 0 Å². The van der Waals surface area contributed by atoms with Crippen LogP contribution in [0.3, 0.4) is 0 Å². The smallest absolute Gasteiger partial charge is 0.242 e. The molecule has 1 aromatic carbocycles. The molecule has 23 heavy (non-hydrogen) atoms. The summed E-state index contributed by atoms with van der Waals surface area (Å²) in [6, 6.07) is 9.82. The van der Waals surface area contributed by atoms with Crippen LogP contribution in [0.2, 0.25) is 0 Å². The molecule has 0 radical (unpaired) electrons. The summed E-state index contributed by atoms with van der Waals surface area (Å²) in [5.74, 6) is -0.258. The van der Waals surface area contributed by atoms with Gasteiger partial charge in [0.2, 0.25) is 11.8 Å². The molecule has 0 spiro atoms. The lowest BCUT2D eigenvalue weighted by Crippen LogP contribution is -2.48. The van der Waals surface area contributed by atoms with Gasteiger partial charge in [0.1, 0.15) is 6.04 Å². The van der Waals surface area contributed by atoms with Crippen molar-refractivity contribution in [1.82, 2.24) is 15.5 Å². The molecule has 1 aliphatic heterocycles. The van der Waals surface area contributed by atoms with Crippen molar-refractivity contribution in [3.05, 3.63) is 42.0 Å². The van der Waals surface area contributed by atoms with Crippen molar-refractivity contribution >= 4 is 17.4 Å². The van der Waals surface area contributed by atoms with Gasteiger partial charge in [0.25, 0.3) is 0 Å². The lowest BCUT2D eigenvalue weighted by Gasteiger charge is -2.26. The number of likely N-dealkylation sites (N-methyl/N-ethyl adjacent to an activating group) is 1. The molecule has 0 saturated carbocycles. The van der Waals surface area contributed by atoms with Gasteiger partial charge in [-0.15, -0.1) is 0 Å². The molecule has 1 aliphatic rings. The van der Waals surface area contributed by atoms with Crippen molar-refractivity contribution < 1.29 is 9.59 Å². The average Bonchev–Trinajstić information content (AvgIpc) is 2.56. The Morgan fingerprint density at radius 3 is 2.61 bits per heavy atom. The van der Waals surface area contributed by atoms with E-state index in [0.717, 1.165) is 19.5 Å². The van der Waals surface area contributed by atoms with Crippen LogP contribution in [0.15, 0.2) is 36.4 Å². The van der Waals surface area contributed by atoms with E-state index in [0.29, 0.717) is 13.1 Å². The minimum absolute atomic E-state index is 0.111. The van der Waals surface area contributed by atoms with Gasteiger partial charge in [0.05, 0.1) is 6.54 Å². The van der Waals surface area contributed by atoms with E-state index in [9.17, 15) is 9.59 Å². The fourth-order valence-corrected chi connectivity index (χ4v) is 2.65. The molecule has 0 aromatic heterocycles. The third-order valence-electron chi connectivity index (χ3n) is 3.93. The molecular weight excluding hydrogens is 290 g/mol. The maximum atomic E-state index is 12.0. The molecule has 2 N–H and O–H groups in total. The van der Waals surface area contributed by atoms with Gasteiger partial charge in [-0.1, -0.05) is 36.4 Å². The largest absolute Gasteiger partial charge is 0.355 e. The number of rotatable bonds is 6. The summed E-state index contributed by atoms with van der Waals surface area (Å²) in [7, 11) is 0. The van der Waals surface area contributed by atoms with Crippen LogP contribution in [-0.4, -0.2) is 48.9 Å². The Morgan fingerprint density at radius 1 is 1.26 bits per heavy atom. The van der Waals surface area contributed by atoms with Crippen molar-refractivity contribution in [3.8, 4) is 0 Å². The molecule has 0 aliphatic carbocycles. The summed E-state index contributed by atoms with van der Waals surface area (Å²) in [6.07, 6.45) is 3.11. The molecule has 5 nitrogen and oxygen atoms in total. The molecule has 0 unspecified atom stereocenters. The second-order valence-corrected chi connectivity index (χ2v) is 5.76. The van der Waals surface area contributed by atoms with Gasteiger partial charge in [-0.25, -0.2) is 0 Å². The SMILES string of the molecule is CCNC(=O)[C@H](C)NC(=O)CN1CC=C(c2ccccc2)CC1. The van der Waals surface area contributed by atoms with Gasteiger partial charge in [-0.3, -0.25) is 14.5 Å². The Kier molecular flexibility index (Phi) is 6.35. The summed E-state index contributed by atoms with van der Waals surface area (Å²) >= 11 is 0. The number of hydrogen-bond acceptors (Lipinski definition) is 3. The number of nitrogens with one attached hydrogen (secondary N) is 2. The molecular formula is C18H25N3O2. The normalized spacial score (nSPS) is 16.3. The average molecular weight is 315 g/mol. The maximum Gasteiger partial charge on any atom is 0.242 e. The van der Waals surface area contributed by atoms with E-state index in [1.165, 1.54) is 11.1 Å². The summed E-state index contributed by atoms with van der Waals surface area (Å²) in [5.41, 5.74) is 2.58. The molecule has 2 rings (SSSR count). The molecule has 124 valence electrons. The van der Waals surface area contributed by atoms with Crippen LogP contribution in [0, 0.1) is 0 Å². The predicted molar refractivity (Wildman–Crippen MR) is 91.8 cm³/mol. The first-order valence-electron chi connectivity index (χ1n) is 8.14.